The zero-order chi connectivity index (χ0) is 15.6. The summed E-state index contributed by atoms with van der Waals surface area (Å²) in [6, 6.07) is 4.65. The van der Waals surface area contributed by atoms with Crippen molar-refractivity contribution in [3.8, 4) is 0 Å². The average Bonchev–Trinajstić information content (AvgIpc) is 2.72. The maximum absolute atomic E-state index is 12.1. The number of ether oxygens (including phenoxy) is 1. The molecule has 1 atom stereocenters. The predicted octanol–water partition coefficient (Wildman–Crippen LogP) is 0.711. The van der Waals surface area contributed by atoms with Gasteiger partial charge in [-0.3, -0.25) is 20.2 Å². The van der Waals surface area contributed by atoms with E-state index in [2.05, 4.69) is 10.1 Å². The lowest BCUT2D eigenvalue weighted by molar-refractivity contribution is -0.152. The molecule has 8 heteroatoms. The third kappa shape index (κ3) is 2.53. The Hall–Kier alpha value is -1.90. The number of hydrogen-bond donors (Lipinski definition) is 3. The molecule has 1 heterocycles. The molecule has 112 valence electrons. The van der Waals surface area contributed by atoms with Gasteiger partial charge in [-0.05, 0) is 32.0 Å². The highest BCUT2D eigenvalue weighted by Crippen LogP contribution is 2.39. The third-order valence-corrected chi connectivity index (χ3v) is 3.87. The molecule has 0 saturated heterocycles. The van der Waals surface area contributed by atoms with Crippen LogP contribution in [0.1, 0.15) is 29.8 Å². The van der Waals surface area contributed by atoms with Gasteiger partial charge in [0.05, 0.1) is 6.61 Å². The first-order valence-corrected chi connectivity index (χ1v) is 7.06. The van der Waals surface area contributed by atoms with Gasteiger partial charge in [0.2, 0.25) is 11.0 Å². The van der Waals surface area contributed by atoms with Crippen LogP contribution in [0.4, 0.5) is 5.69 Å². The second-order valence-electron chi connectivity index (χ2n) is 4.57. The van der Waals surface area contributed by atoms with E-state index >= 15 is 0 Å². The van der Waals surface area contributed by atoms with Crippen molar-refractivity contribution in [2.75, 3.05) is 11.9 Å². The molecule has 21 heavy (non-hydrogen) atoms. The normalized spacial score (nSPS) is 19.9. The number of nitrogens with two attached hydrogens (primary N) is 1. The summed E-state index contributed by atoms with van der Waals surface area (Å²) in [5, 5.41) is 2.31. The van der Waals surface area contributed by atoms with Crippen molar-refractivity contribution in [1.29, 1.82) is 0 Å². The zero-order valence-electron chi connectivity index (χ0n) is 11.6. The van der Waals surface area contributed by atoms with Gasteiger partial charge in [-0.1, -0.05) is 0 Å². The number of carbonyl (C=O) groups excluding carboxylic acids is 3. The lowest BCUT2D eigenvalue weighted by Gasteiger charge is -2.20. The fourth-order valence-electron chi connectivity index (χ4n) is 2.15. The monoisotopic (exact) mass is 309 g/mol. The molecular weight excluding hydrogens is 294 g/mol. The Morgan fingerprint density at radius 1 is 1.48 bits per heavy atom. The smallest absolute Gasteiger partial charge is 0.326 e. The number of hydrogen-bond acceptors (Lipinski definition) is 7. The minimum Gasteiger partial charge on any atom is -0.465 e. The molecule has 1 unspecified atom stereocenters. The van der Waals surface area contributed by atoms with E-state index in [0.717, 1.165) is 0 Å². The summed E-state index contributed by atoms with van der Waals surface area (Å²) in [5.41, 5.74) is -0.196. The second-order valence-corrected chi connectivity index (χ2v) is 5.38. The molecule has 1 amide bonds. The van der Waals surface area contributed by atoms with Crippen LogP contribution in [0.3, 0.4) is 0 Å². The molecule has 0 spiro atoms. The van der Waals surface area contributed by atoms with Crippen LogP contribution in [0, 0.1) is 0 Å². The van der Waals surface area contributed by atoms with E-state index in [1.54, 1.807) is 19.1 Å². The number of esters is 1. The number of anilines is 1. The van der Waals surface area contributed by atoms with Crippen molar-refractivity contribution in [2.45, 2.75) is 19.3 Å². The third-order valence-electron chi connectivity index (χ3n) is 3.33. The van der Waals surface area contributed by atoms with Crippen molar-refractivity contribution < 1.29 is 19.1 Å². The van der Waals surface area contributed by atoms with Crippen LogP contribution in [0.25, 0.3) is 0 Å². The van der Waals surface area contributed by atoms with E-state index in [1.807, 2.05) is 0 Å². The summed E-state index contributed by atoms with van der Waals surface area (Å²) < 4.78 is 4.98. The first-order valence-electron chi connectivity index (χ1n) is 6.25. The highest BCUT2D eigenvalue weighted by Gasteiger charge is 2.50. The van der Waals surface area contributed by atoms with Crippen LogP contribution < -0.4 is 16.0 Å². The molecule has 0 aromatic heterocycles. The standard InChI is InChI=1S/C13H15N3O4S/c1-3-20-12(19)13(2)8-6-7(10(17)21-16-14)4-5-9(8)15-11(13)18/h4-6,16H,3,14H2,1-2H3,(H,15,18). The van der Waals surface area contributed by atoms with Gasteiger partial charge in [0, 0.05) is 28.8 Å². The summed E-state index contributed by atoms with van der Waals surface area (Å²) in [7, 11) is 0. The van der Waals surface area contributed by atoms with Gasteiger partial charge < -0.3 is 10.1 Å². The molecule has 2 rings (SSSR count). The lowest BCUT2D eigenvalue weighted by atomic mass is 9.83. The number of amides is 1. The Bertz CT molecular complexity index is 619. The molecule has 1 aliphatic rings. The Balaban J connectivity index is 2.47. The molecular formula is C13H15N3O4S. The molecule has 0 bridgehead atoms. The van der Waals surface area contributed by atoms with Gasteiger partial charge in [0.15, 0.2) is 5.41 Å². The minimum absolute atomic E-state index is 0.169. The summed E-state index contributed by atoms with van der Waals surface area (Å²) in [6.45, 7) is 3.32. The second kappa shape index (κ2) is 5.84. The first kappa shape index (κ1) is 15.5. The number of hydrazine groups is 1. The quantitative estimate of drug-likeness (QED) is 0.247. The molecule has 0 aliphatic carbocycles. The van der Waals surface area contributed by atoms with E-state index in [0.29, 0.717) is 28.8 Å². The summed E-state index contributed by atoms with van der Waals surface area (Å²) in [5.74, 6) is 3.98. The summed E-state index contributed by atoms with van der Waals surface area (Å²) in [6.07, 6.45) is 0. The molecule has 0 radical (unpaired) electrons. The van der Waals surface area contributed by atoms with Crippen LogP contribution in [0.5, 0.6) is 0 Å². The van der Waals surface area contributed by atoms with E-state index < -0.39 is 17.3 Å². The molecule has 1 aliphatic heterocycles. The van der Waals surface area contributed by atoms with Crippen molar-refractivity contribution >= 4 is 34.6 Å². The average molecular weight is 309 g/mol. The Morgan fingerprint density at radius 2 is 2.19 bits per heavy atom. The Morgan fingerprint density at radius 3 is 2.81 bits per heavy atom. The van der Waals surface area contributed by atoms with Crippen molar-refractivity contribution in [1.82, 2.24) is 4.83 Å². The van der Waals surface area contributed by atoms with Gasteiger partial charge >= 0.3 is 5.97 Å². The number of carbonyl (C=O) groups is 3. The fraction of sp³-hybridized carbons (Fsp3) is 0.308. The molecule has 0 saturated carbocycles. The van der Waals surface area contributed by atoms with Crippen LogP contribution >= 0.6 is 11.9 Å². The van der Waals surface area contributed by atoms with Gasteiger partial charge in [-0.2, -0.15) is 4.83 Å². The predicted molar refractivity (Wildman–Crippen MR) is 78.3 cm³/mol. The fourth-order valence-corrected chi connectivity index (χ4v) is 2.51. The van der Waals surface area contributed by atoms with Crippen molar-refractivity contribution in [2.24, 2.45) is 5.84 Å². The molecule has 4 N–H and O–H groups in total. The Kier molecular flexibility index (Phi) is 4.31. The number of fused-ring (bicyclic) bond motifs is 1. The summed E-state index contributed by atoms with van der Waals surface area (Å²) in [4.78, 5) is 38.3. The molecule has 1 aromatic carbocycles. The first-order chi connectivity index (χ1) is 9.94. The highest BCUT2D eigenvalue weighted by molar-refractivity contribution is 8.12. The SMILES string of the molecule is CCOC(=O)C1(C)C(=O)Nc2ccc(C(=O)SNN)cc21. The molecule has 7 nitrogen and oxygen atoms in total. The lowest BCUT2D eigenvalue weighted by Crippen LogP contribution is -2.41. The Labute approximate surface area is 125 Å². The molecule has 1 aromatic rings. The van der Waals surface area contributed by atoms with Crippen LogP contribution in [-0.2, 0) is 19.7 Å². The number of nitrogens with one attached hydrogen (secondary N) is 2. The maximum Gasteiger partial charge on any atom is 0.326 e. The van der Waals surface area contributed by atoms with E-state index in [1.165, 1.54) is 13.0 Å². The maximum atomic E-state index is 12.1. The van der Waals surface area contributed by atoms with Crippen molar-refractivity contribution in [3.05, 3.63) is 29.3 Å². The van der Waals surface area contributed by atoms with Crippen LogP contribution in [-0.4, -0.2) is 23.6 Å². The topological polar surface area (TPSA) is 111 Å². The van der Waals surface area contributed by atoms with Gasteiger partial charge in [-0.25, -0.2) is 0 Å². The van der Waals surface area contributed by atoms with Crippen LogP contribution in [0.15, 0.2) is 18.2 Å². The van der Waals surface area contributed by atoms with Gasteiger partial charge in [0.1, 0.15) is 0 Å². The number of rotatable bonds is 4. The van der Waals surface area contributed by atoms with Crippen molar-refractivity contribution in [3.63, 3.8) is 0 Å². The number of benzene rings is 1. The van der Waals surface area contributed by atoms with E-state index in [4.69, 9.17) is 10.6 Å². The zero-order valence-corrected chi connectivity index (χ0v) is 12.4. The molecule has 0 fully saturated rings. The van der Waals surface area contributed by atoms with E-state index in [-0.39, 0.29) is 11.7 Å². The summed E-state index contributed by atoms with van der Waals surface area (Å²) >= 11 is 0.717. The van der Waals surface area contributed by atoms with Crippen LogP contribution in [0.2, 0.25) is 0 Å². The highest BCUT2D eigenvalue weighted by atomic mass is 32.2. The minimum atomic E-state index is -1.46. The van der Waals surface area contributed by atoms with E-state index in [9.17, 15) is 14.4 Å². The van der Waals surface area contributed by atoms with Gasteiger partial charge in [-0.15, -0.1) is 0 Å². The largest absolute Gasteiger partial charge is 0.465 e. The van der Waals surface area contributed by atoms with Gasteiger partial charge in [0.25, 0.3) is 0 Å².